The zero-order valence-corrected chi connectivity index (χ0v) is 15.7. The Balaban J connectivity index is 1.73. The first-order valence-corrected chi connectivity index (χ1v) is 10.9. The van der Waals surface area contributed by atoms with Crippen molar-refractivity contribution in [1.82, 2.24) is 14.5 Å². The van der Waals surface area contributed by atoms with Crippen LogP contribution in [0.3, 0.4) is 0 Å². The highest BCUT2D eigenvalue weighted by atomic mass is 32.2. The second-order valence-electron chi connectivity index (χ2n) is 6.63. The number of amides is 1. The molecule has 134 valence electrons. The molecule has 2 fully saturated rings. The van der Waals surface area contributed by atoms with Gasteiger partial charge < -0.3 is 10.2 Å². The maximum atomic E-state index is 12.9. The molecule has 1 aromatic rings. The number of sulfonamides is 1. The van der Waals surface area contributed by atoms with E-state index in [1.54, 1.807) is 11.4 Å². The molecule has 3 heterocycles. The van der Waals surface area contributed by atoms with Crippen molar-refractivity contribution >= 4 is 27.3 Å². The molecule has 0 radical (unpaired) electrons. The predicted octanol–water partition coefficient (Wildman–Crippen LogP) is 1.75. The minimum atomic E-state index is -3.57. The second kappa shape index (κ2) is 7.51. The predicted molar refractivity (Wildman–Crippen MR) is 94.9 cm³/mol. The van der Waals surface area contributed by atoms with Crippen molar-refractivity contribution in [2.24, 2.45) is 0 Å². The molecule has 3 rings (SSSR count). The Morgan fingerprint density at radius 2 is 1.83 bits per heavy atom. The number of rotatable bonds is 4. The van der Waals surface area contributed by atoms with Crippen molar-refractivity contribution < 1.29 is 13.2 Å². The van der Waals surface area contributed by atoms with Gasteiger partial charge in [0.2, 0.25) is 10.0 Å². The van der Waals surface area contributed by atoms with Crippen LogP contribution in [0, 0.1) is 0 Å². The number of thiophene rings is 1. The summed E-state index contributed by atoms with van der Waals surface area (Å²) in [6, 6.07) is 1.69. The summed E-state index contributed by atoms with van der Waals surface area (Å²) in [7, 11) is -1.50. The Morgan fingerprint density at radius 3 is 2.50 bits per heavy atom. The monoisotopic (exact) mass is 371 g/mol. The van der Waals surface area contributed by atoms with Crippen LogP contribution in [-0.2, 0) is 10.0 Å². The second-order valence-corrected chi connectivity index (χ2v) is 9.45. The molecule has 24 heavy (non-hydrogen) atoms. The van der Waals surface area contributed by atoms with Crippen LogP contribution < -0.4 is 5.32 Å². The summed E-state index contributed by atoms with van der Waals surface area (Å²) in [6.45, 7) is 3.00. The Hall–Kier alpha value is -0.960. The van der Waals surface area contributed by atoms with E-state index in [1.807, 2.05) is 0 Å². The Kier molecular flexibility index (Phi) is 5.59. The van der Waals surface area contributed by atoms with E-state index in [0.717, 1.165) is 45.2 Å². The summed E-state index contributed by atoms with van der Waals surface area (Å²) in [5, 5.41) is 4.71. The van der Waals surface area contributed by atoms with Gasteiger partial charge in [-0.3, -0.25) is 4.79 Å². The Labute approximate surface area is 147 Å². The van der Waals surface area contributed by atoms with Gasteiger partial charge in [-0.15, -0.1) is 11.3 Å². The third kappa shape index (κ3) is 3.82. The van der Waals surface area contributed by atoms with Gasteiger partial charge in [-0.25, -0.2) is 8.42 Å². The zero-order chi connectivity index (χ0) is 17.2. The molecule has 0 atom stereocenters. The van der Waals surface area contributed by atoms with E-state index in [0.29, 0.717) is 18.0 Å². The van der Waals surface area contributed by atoms with Gasteiger partial charge in [0.25, 0.3) is 5.91 Å². The van der Waals surface area contributed by atoms with E-state index >= 15 is 0 Å². The van der Waals surface area contributed by atoms with Gasteiger partial charge >= 0.3 is 0 Å². The summed E-state index contributed by atoms with van der Waals surface area (Å²) < 4.78 is 27.2. The third-order valence-electron chi connectivity index (χ3n) is 4.82. The largest absolute Gasteiger partial charge is 0.348 e. The maximum absolute atomic E-state index is 12.9. The third-order valence-corrected chi connectivity index (χ3v) is 7.81. The van der Waals surface area contributed by atoms with Crippen molar-refractivity contribution in [2.45, 2.75) is 43.0 Å². The molecule has 2 aliphatic heterocycles. The number of hydrogen-bond donors (Lipinski definition) is 1. The highest BCUT2D eigenvalue weighted by Gasteiger charge is 2.31. The normalized spacial score (nSPS) is 21.7. The van der Waals surface area contributed by atoms with Crippen molar-refractivity contribution in [3.8, 4) is 0 Å². The first-order valence-electron chi connectivity index (χ1n) is 8.55. The molecule has 0 aromatic carbocycles. The van der Waals surface area contributed by atoms with Crippen LogP contribution in [0.5, 0.6) is 0 Å². The van der Waals surface area contributed by atoms with Crippen molar-refractivity contribution in [3.63, 3.8) is 0 Å². The fourth-order valence-corrected chi connectivity index (χ4v) is 6.14. The quantitative estimate of drug-likeness (QED) is 0.875. The molecule has 0 bridgehead atoms. The SMILES string of the molecule is CN1CCC(NC(=O)c2sccc2S(=O)(=O)N2CCCCC2)CC1. The first-order chi connectivity index (χ1) is 11.5. The molecule has 0 saturated carbocycles. The number of nitrogens with zero attached hydrogens (tertiary/aromatic N) is 2. The summed E-state index contributed by atoms with van der Waals surface area (Å²) >= 11 is 1.21. The van der Waals surface area contributed by atoms with Crippen molar-refractivity contribution in [3.05, 3.63) is 16.3 Å². The molecule has 1 amide bonds. The molecule has 0 unspecified atom stereocenters. The number of carbonyl (C=O) groups excluding carboxylic acids is 1. The summed E-state index contributed by atoms with van der Waals surface area (Å²) in [6.07, 6.45) is 4.66. The zero-order valence-electron chi connectivity index (χ0n) is 14.0. The fraction of sp³-hybridized carbons (Fsp3) is 0.688. The van der Waals surface area contributed by atoms with Crippen molar-refractivity contribution in [2.75, 3.05) is 33.2 Å². The molecule has 6 nitrogen and oxygen atoms in total. The van der Waals surface area contributed by atoms with Gasteiger partial charge in [0.15, 0.2) is 0 Å². The smallest absolute Gasteiger partial charge is 0.262 e. The van der Waals surface area contributed by atoms with E-state index < -0.39 is 10.0 Å². The Morgan fingerprint density at radius 1 is 1.17 bits per heavy atom. The number of carbonyl (C=O) groups is 1. The molecule has 8 heteroatoms. The Bertz CT molecular complexity index is 672. The lowest BCUT2D eigenvalue weighted by atomic mass is 10.1. The summed E-state index contributed by atoms with van der Waals surface area (Å²) in [4.78, 5) is 15.3. The van der Waals surface area contributed by atoms with Crippen molar-refractivity contribution in [1.29, 1.82) is 0 Å². The van der Waals surface area contributed by atoms with Crippen LogP contribution >= 0.6 is 11.3 Å². The number of likely N-dealkylation sites (tertiary alicyclic amines) is 1. The average Bonchev–Trinajstić information content (AvgIpc) is 3.08. The van der Waals surface area contributed by atoms with Gasteiger partial charge in [0, 0.05) is 19.1 Å². The number of piperidine rings is 2. The van der Waals surface area contributed by atoms with Crippen LogP contribution in [0.4, 0.5) is 0 Å². The molecule has 1 N–H and O–H groups in total. The van der Waals surface area contributed by atoms with Crippen LogP contribution in [0.25, 0.3) is 0 Å². The topological polar surface area (TPSA) is 69.7 Å². The van der Waals surface area contributed by atoms with E-state index in [2.05, 4.69) is 17.3 Å². The number of nitrogens with one attached hydrogen (secondary N) is 1. The number of hydrogen-bond acceptors (Lipinski definition) is 5. The van der Waals surface area contributed by atoms with Crippen LogP contribution in [-0.4, -0.2) is 62.8 Å². The first kappa shape index (κ1) is 17.8. The van der Waals surface area contributed by atoms with Gasteiger partial charge in [-0.05, 0) is 57.3 Å². The van der Waals surface area contributed by atoms with Crippen LogP contribution in [0.2, 0.25) is 0 Å². The molecule has 1 aromatic heterocycles. The molecular weight excluding hydrogens is 346 g/mol. The standard InChI is InChI=1S/C16H25N3O3S2/c1-18-10-5-13(6-11-18)17-16(20)15-14(7-12-23-15)24(21,22)19-8-3-2-4-9-19/h7,12-13H,2-6,8-11H2,1H3,(H,17,20). The van der Waals surface area contributed by atoms with E-state index in [-0.39, 0.29) is 16.8 Å². The summed E-state index contributed by atoms with van der Waals surface area (Å²) in [5.41, 5.74) is 0. The average molecular weight is 372 g/mol. The van der Waals surface area contributed by atoms with Gasteiger partial charge in [0.1, 0.15) is 9.77 Å². The van der Waals surface area contributed by atoms with E-state index in [4.69, 9.17) is 0 Å². The van der Waals surface area contributed by atoms with E-state index in [1.165, 1.54) is 15.6 Å². The molecule has 2 aliphatic rings. The summed E-state index contributed by atoms with van der Waals surface area (Å²) in [5.74, 6) is -0.255. The highest BCUT2D eigenvalue weighted by Crippen LogP contribution is 2.27. The lowest BCUT2D eigenvalue weighted by molar-refractivity contribution is 0.0918. The van der Waals surface area contributed by atoms with Gasteiger partial charge in [-0.1, -0.05) is 6.42 Å². The maximum Gasteiger partial charge on any atom is 0.262 e. The lowest BCUT2D eigenvalue weighted by Crippen LogP contribution is -2.43. The molecular formula is C16H25N3O3S2. The van der Waals surface area contributed by atoms with Gasteiger partial charge in [-0.2, -0.15) is 4.31 Å². The molecule has 0 aliphatic carbocycles. The molecule has 0 spiro atoms. The van der Waals surface area contributed by atoms with Crippen LogP contribution in [0.1, 0.15) is 41.8 Å². The minimum absolute atomic E-state index is 0.126. The lowest BCUT2D eigenvalue weighted by Gasteiger charge is -2.29. The highest BCUT2D eigenvalue weighted by molar-refractivity contribution is 7.89. The minimum Gasteiger partial charge on any atom is -0.348 e. The van der Waals surface area contributed by atoms with Gasteiger partial charge in [0.05, 0.1) is 0 Å². The molecule has 2 saturated heterocycles. The van der Waals surface area contributed by atoms with Crippen LogP contribution in [0.15, 0.2) is 16.3 Å². The van der Waals surface area contributed by atoms with E-state index in [9.17, 15) is 13.2 Å². The fourth-order valence-electron chi connectivity index (χ4n) is 3.31.